The van der Waals surface area contributed by atoms with Gasteiger partial charge in [-0.25, -0.2) is 8.42 Å². The molecule has 1 aliphatic carbocycles. The number of ether oxygens (including phenoxy) is 1. The van der Waals surface area contributed by atoms with Crippen LogP contribution in [0.1, 0.15) is 43.7 Å². The van der Waals surface area contributed by atoms with E-state index in [1.807, 2.05) is 43.3 Å². The van der Waals surface area contributed by atoms with Crippen LogP contribution in [0, 0.1) is 0 Å². The Labute approximate surface area is 296 Å². The van der Waals surface area contributed by atoms with Crippen LogP contribution in [0.2, 0.25) is 5.02 Å². The second-order valence-corrected chi connectivity index (χ2v) is 14.9. The van der Waals surface area contributed by atoms with Crippen molar-refractivity contribution in [3.63, 3.8) is 0 Å². The third kappa shape index (κ3) is 8.98. The lowest BCUT2D eigenvalue weighted by molar-refractivity contribution is -0.140. The number of benzene rings is 4. The van der Waals surface area contributed by atoms with Crippen molar-refractivity contribution in [2.75, 3.05) is 17.5 Å². The second-order valence-electron chi connectivity index (χ2n) is 11.7. The van der Waals surface area contributed by atoms with E-state index in [1.54, 1.807) is 54.6 Å². The highest BCUT2D eigenvalue weighted by Gasteiger charge is 2.36. The fourth-order valence-electron chi connectivity index (χ4n) is 5.87. The normalized spacial score (nSPS) is 13.9. The lowest BCUT2D eigenvalue weighted by atomic mass is 10.0. The number of anilines is 1. The van der Waals surface area contributed by atoms with E-state index in [4.69, 9.17) is 16.3 Å². The molecule has 0 bridgehead atoms. The molecular weight excluding hydrogens is 714 g/mol. The van der Waals surface area contributed by atoms with Gasteiger partial charge in [0, 0.05) is 28.5 Å². The Balaban J connectivity index is 1.57. The molecule has 1 saturated carbocycles. The van der Waals surface area contributed by atoms with Crippen LogP contribution < -0.4 is 14.4 Å². The third-order valence-corrected chi connectivity index (χ3v) is 11.1. The molecule has 2 amide bonds. The number of carbonyl (C=O) groups excluding carboxylic acids is 2. The largest absolute Gasteiger partial charge is 0.494 e. The van der Waals surface area contributed by atoms with Crippen LogP contribution >= 0.6 is 27.5 Å². The van der Waals surface area contributed by atoms with Crippen molar-refractivity contribution < 1.29 is 22.7 Å². The molecule has 1 aliphatic rings. The van der Waals surface area contributed by atoms with Crippen molar-refractivity contribution in [3.8, 4) is 5.75 Å². The van der Waals surface area contributed by atoms with Gasteiger partial charge in [-0.15, -0.1) is 0 Å². The summed E-state index contributed by atoms with van der Waals surface area (Å²) in [4.78, 5) is 30.3. The molecule has 0 radical (unpaired) electrons. The number of nitrogens with zero attached hydrogens (tertiary/aromatic N) is 2. The van der Waals surface area contributed by atoms with Gasteiger partial charge >= 0.3 is 0 Å². The summed E-state index contributed by atoms with van der Waals surface area (Å²) < 4.78 is 35.9. The van der Waals surface area contributed by atoms with Crippen LogP contribution in [0.4, 0.5) is 5.69 Å². The van der Waals surface area contributed by atoms with E-state index in [9.17, 15) is 18.0 Å². The highest BCUT2D eigenvalue weighted by Crippen LogP contribution is 2.29. The topological polar surface area (TPSA) is 96.0 Å². The molecule has 0 saturated heterocycles. The summed E-state index contributed by atoms with van der Waals surface area (Å²) in [5, 5.41) is 3.62. The molecule has 0 aromatic heterocycles. The predicted octanol–water partition coefficient (Wildman–Crippen LogP) is 7.40. The van der Waals surface area contributed by atoms with E-state index >= 15 is 0 Å². The van der Waals surface area contributed by atoms with Crippen molar-refractivity contribution in [3.05, 3.63) is 124 Å². The molecule has 0 heterocycles. The first-order valence-electron chi connectivity index (χ1n) is 16.0. The van der Waals surface area contributed by atoms with Gasteiger partial charge in [0.2, 0.25) is 11.8 Å². The quantitative estimate of drug-likeness (QED) is 0.145. The Kier molecular flexibility index (Phi) is 12.2. The van der Waals surface area contributed by atoms with Crippen LogP contribution in [0.15, 0.2) is 112 Å². The molecule has 0 spiro atoms. The Morgan fingerprint density at radius 2 is 1.56 bits per heavy atom. The lowest BCUT2D eigenvalue weighted by Gasteiger charge is -2.34. The number of amides is 2. The van der Waals surface area contributed by atoms with E-state index in [-0.39, 0.29) is 35.5 Å². The Morgan fingerprint density at radius 3 is 2.21 bits per heavy atom. The van der Waals surface area contributed by atoms with Gasteiger partial charge in [-0.05, 0) is 85.5 Å². The SMILES string of the molecule is CCOc1ccc(N(CC(=O)N(Cc2ccccc2Cl)[C@H](Cc2ccccc2)C(=O)NC2CCCC2)S(=O)(=O)c2ccc(Br)cc2)cc1. The van der Waals surface area contributed by atoms with Gasteiger partial charge < -0.3 is 15.0 Å². The number of rotatable bonds is 14. The molecule has 8 nitrogen and oxygen atoms in total. The minimum absolute atomic E-state index is 0.00351. The molecule has 1 atom stereocenters. The first-order chi connectivity index (χ1) is 23.2. The Hall–Kier alpha value is -3.86. The summed E-state index contributed by atoms with van der Waals surface area (Å²) >= 11 is 9.97. The van der Waals surface area contributed by atoms with E-state index in [0.717, 1.165) is 35.6 Å². The highest BCUT2D eigenvalue weighted by atomic mass is 79.9. The second kappa shape index (κ2) is 16.5. The highest BCUT2D eigenvalue weighted by molar-refractivity contribution is 9.10. The first-order valence-corrected chi connectivity index (χ1v) is 18.6. The molecule has 11 heteroatoms. The third-order valence-electron chi connectivity index (χ3n) is 8.39. The smallest absolute Gasteiger partial charge is 0.264 e. The summed E-state index contributed by atoms with van der Waals surface area (Å²) in [5.41, 5.74) is 1.79. The number of sulfonamides is 1. The van der Waals surface area contributed by atoms with Crippen LogP contribution in [0.5, 0.6) is 5.75 Å². The maximum absolute atomic E-state index is 14.7. The molecule has 1 fully saturated rings. The zero-order valence-corrected chi connectivity index (χ0v) is 29.9. The molecule has 48 heavy (non-hydrogen) atoms. The van der Waals surface area contributed by atoms with Crippen LogP contribution in [-0.4, -0.2) is 50.4 Å². The minimum Gasteiger partial charge on any atom is -0.494 e. The fourth-order valence-corrected chi connectivity index (χ4v) is 7.74. The number of carbonyl (C=O) groups is 2. The minimum atomic E-state index is -4.23. The van der Waals surface area contributed by atoms with Crippen molar-refractivity contribution >= 4 is 55.1 Å². The van der Waals surface area contributed by atoms with E-state index in [1.165, 1.54) is 17.0 Å². The molecule has 1 N–H and O–H groups in total. The monoisotopic (exact) mass is 751 g/mol. The number of nitrogens with one attached hydrogen (secondary N) is 1. The van der Waals surface area contributed by atoms with E-state index < -0.39 is 28.5 Å². The van der Waals surface area contributed by atoms with Gasteiger partial charge in [0.05, 0.1) is 17.2 Å². The van der Waals surface area contributed by atoms with E-state index in [2.05, 4.69) is 21.2 Å². The summed E-state index contributed by atoms with van der Waals surface area (Å²) in [6, 6.07) is 28.5. The van der Waals surface area contributed by atoms with Gasteiger partial charge in [-0.2, -0.15) is 0 Å². The molecular formula is C37H39BrClN3O5S. The van der Waals surface area contributed by atoms with Gasteiger partial charge in [0.25, 0.3) is 10.0 Å². The average Bonchev–Trinajstić information content (AvgIpc) is 3.60. The molecule has 4 aromatic carbocycles. The maximum Gasteiger partial charge on any atom is 0.264 e. The zero-order chi connectivity index (χ0) is 34.1. The predicted molar refractivity (Wildman–Crippen MR) is 193 cm³/mol. The van der Waals surface area contributed by atoms with Crippen molar-refractivity contribution in [2.45, 2.75) is 62.6 Å². The zero-order valence-electron chi connectivity index (χ0n) is 26.7. The van der Waals surface area contributed by atoms with Crippen molar-refractivity contribution in [1.29, 1.82) is 0 Å². The number of halogens is 2. The van der Waals surface area contributed by atoms with Gasteiger partial charge in [0.1, 0.15) is 18.3 Å². The summed E-state index contributed by atoms with van der Waals surface area (Å²) in [5.74, 6) is -0.262. The molecule has 0 aliphatic heterocycles. The van der Waals surface area contributed by atoms with Crippen molar-refractivity contribution in [1.82, 2.24) is 10.2 Å². The summed E-state index contributed by atoms with van der Waals surface area (Å²) in [6.45, 7) is 1.75. The summed E-state index contributed by atoms with van der Waals surface area (Å²) in [6.07, 6.45) is 4.04. The van der Waals surface area contributed by atoms with Gasteiger partial charge in [0.15, 0.2) is 0 Å². The molecule has 4 aromatic rings. The van der Waals surface area contributed by atoms with Crippen LogP contribution in [0.25, 0.3) is 0 Å². The maximum atomic E-state index is 14.7. The first kappa shape index (κ1) is 35.4. The number of hydrogen-bond acceptors (Lipinski definition) is 5. The van der Waals surface area contributed by atoms with Gasteiger partial charge in [-0.3, -0.25) is 13.9 Å². The molecule has 0 unspecified atom stereocenters. The Morgan fingerprint density at radius 1 is 0.917 bits per heavy atom. The van der Waals surface area contributed by atoms with Gasteiger partial charge in [-0.1, -0.05) is 88.9 Å². The van der Waals surface area contributed by atoms with Crippen LogP contribution in [-0.2, 0) is 32.6 Å². The summed E-state index contributed by atoms with van der Waals surface area (Å²) in [7, 11) is -4.23. The van der Waals surface area contributed by atoms with Crippen molar-refractivity contribution in [2.24, 2.45) is 0 Å². The molecule has 5 rings (SSSR count). The standard InChI is InChI=1S/C37H39BrClN3O5S/c1-2-47-32-20-18-31(19-21-32)42(48(45,46)33-22-16-29(38)17-23-33)26-36(43)41(25-28-12-6-9-15-34(28)39)35(24-27-10-4-3-5-11-27)37(44)40-30-13-7-8-14-30/h3-6,9-12,15-23,30,35H,2,7-8,13-14,24-26H2,1H3,(H,40,44)/t35-/m1/s1. The van der Waals surface area contributed by atoms with E-state index in [0.29, 0.717) is 27.4 Å². The lowest BCUT2D eigenvalue weighted by Crippen LogP contribution is -2.54. The molecule has 252 valence electrons. The average molecular weight is 753 g/mol. The van der Waals surface area contributed by atoms with Crippen LogP contribution in [0.3, 0.4) is 0 Å². The Bertz CT molecular complexity index is 1780. The number of hydrogen-bond donors (Lipinski definition) is 1. The fraction of sp³-hybridized carbons (Fsp3) is 0.297.